The minimum Gasteiger partial charge on any atom is -0.748 e. The molecule has 1 aliphatic carbocycles. The highest BCUT2D eigenvalue weighted by Crippen LogP contribution is 2.48. The van der Waals surface area contributed by atoms with Crippen LogP contribution in [0.15, 0.2) is 95.4 Å². The first kappa shape index (κ1) is 39.7. The second-order valence-corrected chi connectivity index (χ2v) is 18.3. The zero-order valence-electron chi connectivity index (χ0n) is 31.3. The Morgan fingerprint density at radius 3 is 2.25 bits per heavy atom. The second-order valence-electron chi connectivity index (χ2n) is 15.2. The largest absolute Gasteiger partial charge is 0.748 e. The normalized spacial score (nSPS) is 19.8. The van der Waals surface area contributed by atoms with Crippen molar-refractivity contribution in [3.63, 3.8) is 0 Å². The predicted octanol–water partition coefficient (Wildman–Crippen LogP) is 7.66. The van der Waals surface area contributed by atoms with E-state index < -0.39 is 20.2 Å². The van der Waals surface area contributed by atoms with Gasteiger partial charge in [0.05, 0.1) is 21.3 Å². The van der Waals surface area contributed by atoms with Gasteiger partial charge in [-0.3, -0.25) is 4.55 Å². The van der Waals surface area contributed by atoms with E-state index >= 15 is 0 Å². The van der Waals surface area contributed by atoms with Crippen molar-refractivity contribution in [1.82, 2.24) is 5.32 Å². The molecule has 0 fully saturated rings. The van der Waals surface area contributed by atoms with Crippen molar-refractivity contribution >= 4 is 37.3 Å². The Kier molecular flexibility index (Phi) is 12.4. The quantitative estimate of drug-likeness (QED) is 0.0959. The maximum Gasteiger partial charge on any atom is 0.264 e. The molecule has 2 N–H and O–H groups in total. The van der Waals surface area contributed by atoms with Crippen molar-refractivity contribution in [1.29, 1.82) is 0 Å². The summed E-state index contributed by atoms with van der Waals surface area (Å²) >= 11 is 0. The van der Waals surface area contributed by atoms with E-state index in [0.29, 0.717) is 38.8 Å². The standard InChI is InChI=1S/C41H55N3O6S2/c1-6-7-26-42-39-31(22-24-37-40(2,3)33-16-8-10-18-35(33)43(37)27-12-14-29-51(45,46)47)20-21-32(39)23-25-38-41(4,5)34-17-9-11-19-36(34)44(38)28-13-15-30-52(48,49)50/h8-11,16-19,22-25H,6-7,12-15,20-21,26-30H2,1-5H3,(H2,45,46,47,48,49,50). The molecule has 5 rings (SSSR count). The first-order valence-electron chi connectivity index (χ1n) is 18.6. The molecule has 0 bridgehead atoms. The molecule has 0 saturated heterocycles. The van der Waals surface area contributed by atoms with Crippen molar-refractivity contribution < 1.29 is 30.5 Å². The van der Waals surface area contributed by atoms with E-state index in [1.165, 1.54) is 22.3 Å². The molecule has 9 nitrogen and oxygen atoms in total. The Hall–Kier alpha value is -3.51. The summed E-state index contributed by atoms with van der Waals surface area (Å²) in [6, 6.07) is 16.8. The van der Waals surface area contributed by atoms with Crippen LogP contribution < -0.4 is 10.2 Å². The highest BCUT2D eigenvalue weighted by molar-refractivity contribution is 7.85. The van der Waals surface area contributed by atoms with Gasteiger partial charge in [-0.2, -0.15) is 13.0 Å². The molecular weight excluding hydrogens is 695 g/mol. The maximum atomic E-state index is 11.4. The summed E-state index contributed by atoms with van der Waals surface area (Å²) in [5.41, 5.74) is 10.2. The summed E-state index contributed by atoms with van der Waals surface area (Å²) in [6.07, 6.45) is 14.8. The molecule has 282 valence electrons. The average molecular weight is 750 g/mol. The predicted molar refractivity (Wildman–Crippen MR) is 210 cm³/mol. The topological polar surface area (TPSA) is 130 Å². The van der Waals surface area contributed by atoms with Crippen LogP contribution in [0, 0.1) is 0 Å². The number of nitrogens with zero attached hydrogens (tertiary/aromatic N) is 2. The Labute approximate surface area is 311 Å². The molecule has 3 aliphatic rings. The van der Waals surface area contributed by atoms with Crippen molar-refractivity contribution in [2.24, 2.45) is 0 Å². The number of anilines is 1. The first-order valence-corrected chi connectivity index (χ1v) is 21.8. The minimum absolute atomic E-state index is 0.241. The molecule has 0 aromatic heterocycles. The van der Waals surface area contributed by atoms with Gasteiger partial charge in [0, 0.05) is 65.5 Å². The fraction of sp³-hybridized carbons (Fsp3) is 0.488. The molecule has 0 atom stereocenters. The van der Waals surface area contributed by atoms with Crippen molar-refractivity contribution in [2.75, 3.05) is 36.0 Å². The lowest BCUT2D eigenvalue weighted by Crippen LogP contribution is -2.28. The van der Waals surface area contributed by atoms with Gasteiger partial charge in [-0.25, -0.2) is 8.42 Å². The van der Waals surface area contributed by atoms with Gasteiger partial charge in [-0.05, 0) is 81.2 Å². The Balaban J connectivity index is 1.48. The van der Waals surface area contributed by atoms with Crippen LogP contribution in [0.1, 0.15) is 97.1 Å². The van der Waals surface area contributed by atoms with Crippen LogP contribution in [0.5, 0.6) is 0 Å². The zero-order chi connectivity index (χ0) is 37.7. The first-order chi connectivity index (χ1) is 24.5. The molecule has 0 amide bonds. The van der Waals surface area contributed by atoms with Gasteiger partial charge in [-0.15, -0.1) is 0 Å². The molecule has 0 saturated carbocycles. The zero-order valence-corrected chi connectivity index (χ0v) is 33.0. The summed E-state index contributed by atoms with van der Waals surface area (Å²) in [4.78, 5) is 2.29. The third-order valence-corrected chi connectivity index (χ3v) is 12.3. The number of rotatable bonds is 17. The van der Waals surface area contributed by atoms with E-state index in [-0.39, 0.29) is 22.3 Å². The number of para-hydroxylation sites is 2. The fourth-order valence-electron chi connectivity index (χ4n) is 7.90. The SMILES string of the molecule is CCCCNC1=C(C=CC2=[N+](CCCCS(=O)(=O)O)c3ccccc3C2(C)C)CCC1=CC=C1N(CCCCS(=O)(=O)[O-])c2ccccc2C1(C)C. The number of unbranched alkanes of at least 4 members (excludes halogenated alkanes) is 3. The third kappa shape index (κ3) is 9.16. The van der Waals surface area contributed by atoms with Gasteiger partial charge in [-0.1, -0.05) is 75.7 Å². The number of hydrogen-bond donors (Lipinski definition) is 2. The molecule has 2 aromatic rings. The summed E-state index contributed by atoms with van der Waals surface area (Å²) in [7, 11) is -8.24. The van der Waals surface area contributed by atoms with Crippen LogP contribution in [0.25, 0.3) is 0 Å². The van der Waals surface area contributed by atoms with Gasteiger partial charge in [0.25, 0.3) is 10.1 Å². The van der Waals surface area contributed by atoms with Crippen LogP contribution in [-0.4, -0.2) is 67.4 Å². The molecule has 0 radical (unpaired) electrons. The molecule has 0 spiro atoms. The number of hydrogen-bond acceptors (Lipinski definition) is 7. The minimum atomic E-state index is -4.25. The summed E-state index contributed by atoms with van der Waals surface area (Å²) in [6.45, 7) is 13.3. The van der Waals surface area contributed by atoms with Crippen LogP contribution in [0.4, 0.5) is 11.4 Å². The van der Waals surface area contributed by atoms with Gasteiger partial charge < -0.3 is 14.8 Å². The highest BCUT2D eigenvalue weighted by atomic mass is 32.2. The molecule has 2 heterocycles. The third-order valence-electron chi connectivity index (χ3n) is 10.7. The van der Waals surface area contributed by atoms with Crippen molar-refractivity contribution in [3.8, 4) is 0 Å². The average Bonchev–Trinajstić information content (AvgIpc) is 3.63. The molecular formula is C41H55N3O6S2. The smallest absolute Gasteiger partial charge is 0.264 e. The van der Waals surface area contributed by atoms with E-state index in [1.54, 1.807) is 0 Å². The number of nitrogens with one attached hydrogen (secondary N) is 1. The molecule has 2 aliphatic heterocycles. The van der Waals surface area contributed by atoms with Crippen molar-refractivity contribution in [2.45, 2.75) is 96.8 Å². The fourth-order valence-corrected chi connectivity index (χ4v) is 9.03. The molecule has 0 unspecified atom stereocenters. The Morgan fingerprint density at radius 2 is 1.54 bits per heavy atom. The lowest BCUT2D eigenvalue weighted by Gasteiger charge is -2.27. The van der Waals surface area contributed by atoms with Gasteiger partial charge in [0.1, 0.15) is 6.54 Å². The molecule has 2 aromatic carbocycles. The van der Waals surface area contributed by atoms with Crippen LogP contribution in [-0.2, 0) is 31.1 Å². The summed E-state index contributed by atoms with van der Waals surface area (Å²) < 4.78 is 68.1. The Bertz CT molecular complexity index is 2020. The maximum absolute atomic E-state index is 11.4. The number of fused-ring (bicyclic) bond motifs is 2. The lowest BCUT2D eigenvalue weighted by atomic mass is 9.81. The second kappa shape index (κ2) is 16.2. The molecule has 52 heavy (non-hydrogen) atoms. The van der Waals surface area contributed by atoms with E-state index in [4.69, 9.17) is 0 Å². The van der Waals surface area contributed by atoms with E-state index in [9.17, 15) is 25.9 Å². The van der Waals surface area contributed by atoms with Crippen molar-refractivity contribution in [3.05, 3.63) is 107 Å². The lowest BCUT2D eigenvalue weighted by molar-refractivity contribution is -0.438. The Morgan fingerprint density at radius 1 is 0.846 bits per heavy atom. The van der Waals surface area contributed by atoms with E-state index in [1.807, 2.05) is 12.1 Å². The van der Waals surface area contributed by atoms with Gasteiger partial charge >= 0.3 is 0 Å². The number of allylic oxidation sites excluding steroid dienone is 7. The molecule has 11 heteroatoms. The summed E-state index contributed by atoms with van der Waals surface area (Å²) in [5.74, 6) is -0.591. The van der Waals surface area contributed by atoms with Crippen LogP contribution in [0.3, 0.4) is 0 Å². The summed E-state index contributed by atoms with van der Waals surface area (Å²) in [5, 5.41) is 3.77. The monoisotopic (exact) mass is 749 g/mol. The van der Waals surface area contributed by atoms with E-state index in [2.05, 4.69) is 110 Å². The van der Waals surface area contributed by atoms with Crippen LogP contribution >= 0.6 is 0 Å². The van der Waals surface area contributed by atoms with Crippen LogP contribution in [0.2, 0.25) is 0 Å². The van der Waals surface area contributed by atoms with Gasteiger partial charge in [0.15, 0.2) is 5.71 Å². The number of benzene rings is 2. The van der Waals surface area contributed by atoms with Gasteiger partial charge in [0.2, 0.25) is 5.69 Å². The highest BCUT2D eigenvalue weighted by Gasteiger charge is 2.44. The van der Waals surface area contributed by atoms with E-state index in [0.717, 1.165) is 60.7 Å².